The fourth-order valence-corrected chi connectivity index (χ4v) is 6.05. The summed E-state index contributed by atoms with van der Waals surface area (Å²) in [6.07, 6.45) is 3.33. The number of hydrogen-bond donors (Lipinski definition) is 7. The van der Waals surface area contributed by atoms with Crippen LogP contribution in [0.5, 0.6) is 5.75 Å². The number of rotatable bonds is 18. The molecule has 3 aromatic rings. The molecule has 1 aromatic heterocycles. The van der Waals surface area contributed by atoms with Gasteiger partial charge in [0.05, 0.1) is 18.8 Å². The molecule has 10 nitrogen and oxygen atoms in total. The fourth-order valence-electron chi connectivity index (χ4n) is 5.86. The molecular weight excluding hydrogens is 622 g/mol. The molecule has 254 valence electrons. The largest absolute Gasteiger partial charge is 0.490 e. The Hall–Kier alpha value is -3.09. The van der Waals surface area contributed by atoms with Crippen LogP contribution in [-0.2, 0) is 16.9 Å². The molecule has 47 heavy (non-hydrogen) atoms. The number of benzene rings is 2. The molecule has 2 fully saturated rings. The molecule has 1 heterocycles. The average molecular weight is 668 g/mol. The summed E-state index contributed by atoms with van der Waals surface area (Å²) in [4.78, 5) is 16.8. The summed E-state index contributed by atoms with van der Waals surface area (Å²) in [7, 11) is 0. The SMILES string of the molecule is CC(CCCC(=O)NC[C@H](O)[C@@H](O)[C@H](O)[C@H](O)CO)c1ccc(Cl)c(CNC2(c3cnccc3-c3ccccc3OC3CC3)CC2)c1. The van der Waals surface area contributed by atoms with Crippen LogP contribution in [0, 0.1) is 0 Å². The molecule has 5 atom stereocenters. The zero-order chi connectivity index (χ0) is 33.6. The highest BCUT2D eigenvalue weighted by Gasteiger charge is 2.46. The number of nitrogens with one attached hydrogen (secondary N) is 2. The van der Waals surface area contributed by atoms with Crippen molar-refractivity contribution in [2.24, 2.45) is 0 Å². The highest BCUT2D eigenvalue weighted by atomic mass is 35.5. The summed E-state index contributed by atoms with van der Waals surface area (Å²) in [6, 6.07) is 16.4. The standard InChI is InChI=1S/C36H46ClN3O7/c1-22(5-4-8-33(44)39-20-30(42)34(45)35(46)31(43)21-41)23-9-12-29(37)24(17-23)18-40-36(14-15-36)28-19-38-16-13-26(28)27-6-2-3-7-32(27)47-25-10-11-25/h2-3,6-7,9,12-13,16-17,19,22,25,30-31,34-35,40-43,45-46H,4-5,8,10-11,14-15,18,20-21H2,1H3,(H,39,44)/t22?,30-,31+,34+,35+/m0/s1. The van der Waals surface area contributed by atoms with Crippen LogP contribution in [0.15, 0.2) is 60.9 Å². The maximum absolute atomic E-state index is 12.3. The Labute approximate surface area is 280 Å². The predicted molar refractivity (Wildman–Crippen MR) is 179 cm³/mol. The van der Waals surface area contributed by atoms with Crippen LogP contribution in [-0.4, -0.2) is 80.1 Å². The minimum atomic E-state index is -1.73. The van der Waals surface area contributed by atoms with E-state index in [2.05, 4.69) is 40.7 Å². The number of carbonyl (C=O) groups is 1. The predicted octanol–water partition coefficient (Wildman–Crippen LogP) is 3.55. The number of aromatic nitrogens is 1. The normalized spacial score (nSPS) is 18.5. The maximum Gasteiger partial charge on any atom is 0.220 e. The molecule has 0 bridgehead atoms. The molecule has 5 rings (SSSR count). The molecule has 0 radical (unpaired) electrons. The lowest BCUT2D eigenvalue weighted by Crippen LogP contribution is -2.49. The van der Waals surface area contributed by atoms with Crippen LogP contribution in [0.3, 0.4) is 0 Å². The molecule has 2 aliphatic rings. The monoisotopic (exact) mass is 667 g/mol. The minimum Gasteiger partial charge on any atom is -0.490 e. The quantitative estimate of drug-likeness (QED) is 0.107. The number of para-hydroxylation sites is 1. The van der Waals surface area contributed by atoms with Gasteiger partial charge in [-0.25, -0.2) is 0 Å². The second-order valence-corrected chi connectivity index (χ2v) is 13.3. The van der Waals surface area contributed by atoms with E-state index in [0.29, 0.717) is 24.1 Å². The highest BCUT2D eigenvalue weighted by molar-refractivity contribution is 6.31. The number of aliphatic hydroxyl groups is 5. The molecule has 0 spiro atoms. The molecule has 0 saturated heterocycles. The number of ether oxygens (including phenoxy) is 1. The van der Waals surface area contributed by atoms with Crippen molar-refractivity contribution in [3.05, 3.63) is 82.6 Å². The van der Waals surface area contributed by atoms with Gasteiger partial charge in [-0.15, -0.1) is 0 Å². The first kappa shape index (κ1) is 35.2. The lowest BCUT2D eigenvalue weighted by atomic mass is 9.93. The van der Waals surface area contributed by atoms with E-state index < -0.39 is 31.0 Å². The summed E-state index contributed by atoms with van der Waals surface area (Å²) < 4.78 is 6.25. The molecule has 2 aliphatic carbocycles. The van der Waals surface area contributed by atoms with Crippen LogP contribution >= 0.6 is 11.6 Å². The lowest BCUT2D eigenvalue weighted by molar-refractivity contribution is -0.126. The summed E-state index contributed by atoms with van der Waals surface area (Å²) in [5.74, 6) is 0.781. The molecule has 1 amide bonds. The van der Waals surface area contributed by atoms with Crippen molar-refractivity contribution in [3.8, 4) is 16.9 Å². The number of hydrogen-bond acceptors (Lipinski definition) is 9. The van der Waals surface area contributed by atoms with E-state index in [1.807, 2.05) is 42.7 Å². The molecule has 7 N–H and O–H groups in total. The maximum atomic E-state index is 12.3. The Morgan fingerprint density at radius 2 is 1.79 bits per heavy atom. The van der Waals surface area contributed by atoms with Gasteiger partial charge >= 0.3 is 0 Å². The van der Waals surface area contributed by atoms with Crippen molar-refractivity contribution in [3.63, 3.8) is 0 Å². The molecule has 11 heteroatoms. The molecule has 2 saturated carbocycles. The van der Waals surface area contributed by atoms with Crippen molar-refractivity contribution in [2.75, 3.05) is 13.2 Å². The average Bonchev–Trinajstić information content (AvgIpc) is 4.03. The van der Waals surface area contributed by atoms with Crippen LogP contribution in [0.4, 0.5) is 0 Å². The van der Waals surface area contributed by atoms with E-state index in [-0.39, 0.29) is 30.3 Å². The van der Waals surface area contributed by atoms with Crippen molar-refractivity contribution in [1.29, 1.82) is 0 Å². The third kappa shape index (κ3) is 9.08. The molecule has 1 unspecified atom stereocenters. The summed E-state index contributed by atoms with van der Waals surface area (Å²) in [5, 5.41) is 55.0. The van der Waals surface area contributed by atoms with E-state index in [4.69, 9.17) is 21.4 Å². The van der Waals surface area contributed by atoms with Crippen molar-refractivity contribution in [1.82, 2.24) is 15.6 Å². The van der Waals surface area contributed by atoms with Crippen molar-refractivity contribution in [2.45, 2.75) is 100 Å². The van der Waals surface area contributed by atoms with Gasteiger partial charge < -0.3 is 40.9 Å². The van der Waals surface area contributed by atoms with E-state index in [1.54, 1.807) is 0 Å². The van der Waals surface area contributed by atoms with Gasteiger partial charge in [0, 0.05) is 48.0 Å². The zero-order valence-corrected chi connectivity index (χ0v) is 27.4. The Morgan fingerprint density at radius 1 is 1.04 bits per heavy atom. The number of carbonyl (C=O) groups excluding carboxylic acids is 1. The molecule has 0 aliphatic heterocycles. The smallest absolute Gasteiger partial charge is 0.220 e. The molecular formula is C36H46ClN3O7. The van der Waals surface area contributed by atoms with Crippen LogP contribution in [0.1, 0.15) is 74.5 Å². The van der Waals surface area contributed by atoms with Gasteiger partial charge in [-0.1, -0.05) is 48.9 Å². The van der Waals surface area contributed by atoms with Crippen LogP contribution in [0.2, 0.25) is 5.02 Å². The summed E-state index contributed by atoms with van der Waals surface area (Å²) in [5.41, 5.74) is 5.30. The van der Waals surface area contributed by atoms with Gasteiger partial charge in [-0.3, -0.25) is 9.78 Å². The fraction of sp³-hybridized carbons (Fsp3) is 0.500. The first-order chi connectivity index (χ1) is 22.6. The van der Waals surface area contributed by atoms with E-state index in [1.165, 1.54) is 0 Å². The Morgan fingerprint density at radius 3 is 2.51 bits per heavy atom. The number of pyridine rings is 1. The Bertz CT molecular complexity index is 1500. The number of nitrogens with zero attached hydrogens (tertiary/aromatic N) is 1. The number of amides is 1. The zero-order valence-electron chi connectivity index (χ0n) is 26.7. The van der Waals surface area contributed by atoms with Gasteiger partial charge in [0.1, 0.15) is 24.1 Å². The van der Waals surface area contributed by atoms with Gasteiger partial charge in [-0.05, 0) is 84.9 Å². The van der Waals surface area contributed by atoms with Crippen molar-refractivity contribution < 1.29 is 35.1 Å². The summed E-state index contributed by atoms with van der Waals surface area (Å²) >= 11 is 6.67. The van der Waals surface area contributed by atoms with Crippen LogP contribution in [0.25, 0.3) is 11.1 Å². The molecule has 2 aromatic carbocycles. The van der Waals surface area contributed by atoms with Gasteiger partial charge in [-0.2, -0.15) is 0 Å². The Balaban J connectivity index is 1.15. The van der Waals surface area contributed by atoms with Crippen molar-refractivity contribution >= 4 is 17.5 Å². The second kappa shape index (κ2) is 15.9. The van der Waals surface area contributed by atoms with Gasteiger partial charge in [0.25, 0.3) is 0 Å². The number of halogens is 1. The van der Waals surface area contributed by atoms with Crippen LogP contribution < -0.4 is 15.4 Å². The second-order valence-electron chi connectivity index (χ2n) is 12.9. The minimum absolute atomic E-state index is 0.170. The van der Waals surface area contributed by atoms with Gasteiger partial charge in [0.2, 0.25) is 5.91 Å². The number of aliphatic hydroxyl groups excluding tert-OH is 5. The van der Waals surface area contributed by atoms with Gasteiger partial charge in [0.15, 0.2) is 0 Å². The first-order valence-corrected chi connectivity index (χ1v) is 16.8. The lowest BCUT2D eigenvalue weighted by Gasteiger charge is -2.25. The summed E-state index contributed by atoms with van der Waals surface area (Å²) in [6.45, 7) is 1.65. The van der Waals surface area contributed by atoms with E-state index >= 15 is 0 Å². The third-order valence-corrected chi connectivity index (χ3v) is 9.58. The first-order valence-electron chi connectivity index (χ1n) is 16.5. The van der Waals surface area contributed by atoms with E-state index in [0.717, 1.165) is 65.7 Å². The highest BCUT2D eigenvalue weighted by Crippen LogP contribution is 2.50. The van der Waals surface area contributed by atoms with E-state index in [9.17, 15) is 25.2 Å². The Kier molecular flexibility index (Phi) is 11.9. The topological polar surface area (TPSA) is 164 Å². The third-order valence-electron chi connectivity index (χ3n) is 9.21.